The van der Waals surface area contributed by atoms with E-state index in [1.807, 2.05) is 13.0 Å². The zero-order valence-corrected chi connectivity index (χ0v) is 21.4. The first-order chi connectivity index (χ1) is 18.5. The topological polar surface area (TPSA) is 127 Å². The van der Waals surface area contributed by atoms with Gasteiger partial charge in [0.05, 0.1) is 24.3 Å². The molecule has 5 heterocycles. The predicted molar refractivity (Wildman–Crippen MR) is 134 cm³/mol. The molecule has 8 rings (SSSR count). The Kier molecular flexibility index (Phi) is 5.33. The van der Waals surface area contributed by atoms with E-state index in [0.29, 0.717) is 40.5 Å². The van der Waals surface area contributed by atoms with Crippen LogP contribution >= 0.6 is 0 Å². The molecule has 0 N–H and O–H groups in total. The molecule has 4 aliphatic rings. The minimum Gasteiger partial charge on any atom is -0.491 e. The Morgan fingerprint density at radius 2 is 2.11 bits per heavy atom. The van der Waals surface area contributed by atoms with Crippen LogP contribution in [0.5, 0.6) is 11.6 Å². The van der Waals surface area contributed by atoms with E-state index >= 15 is 0 Å². The zero-order chi connectivity index (χ0) is 25.9. The molecule has 2 bridgehead atoms. The van der Waals surface area contributed by atoms with E-state index in [4.69, 9.17) is 19.0 Å². The standard InChI is InChI=1S/C27H28N8O3/c1-16-7-22(33-38-16)25-31-30-24-8-23(36-2)26(32-35(24)25)37-14-20-4-3-17-12-34(6-5-21(17)29-20)13-19-11-27(15-28)9-18(19)10-27/h3-4,7-8,18-19H,5-6,9-14H2,1-2H3/t18?,19-,27?/m0/s1. The lowest BCUT2D eigenvalue weighted by molar-refractivity contribution is 0.169. The third kappa shape index (κ3) is 3.87. The Morgan fingerprint density at radius 3 is 2.87 bits per heavy atom. The van der Waals surface area contributed by atoms with Crippen LogP contribution in [0, 0.1) is 35.5 Å². The van der Waals surface area contributed by atoms with Crippen LogP contribution in [0.4, 0.5) is 0 Å². The molecule has 11 nitrogen and oxygen atoms in total. The minimum absolute atomic E-state index is 0.00727. The average molecular weight is 513 g/mol. The highest BCUT2D eigenvalue weighted by Gasteiger charge is 2.56. The molecular weight excluding hydrogens is 484 g/mol. The van der Waals surface area contributed by atoms with Crippen molar-refractivity contribution < 1.29 is 14.0 Å². The van der Waals surface area contributed by atoms with E-state index in [0.717, 1.165) is 62.6 Å². The monoisotopic (exact) mass is 512 g/mol. The van der Waals surface area contributed by atoms with Crippen molar-refractivity contribution in [2.45, 2.75) is 45.8 Å². The van der Waals surface area contributed by atoms with E-state index in [1.165, 1.54) is 5.56 Å². The molecule has 0 aromatic carbocycles. The van der Waals surface area contributed by atoms with Crippen LogP contribution < -0.4 is 9.47 Å². The Morgan fingerprint density at radius 1 is 1.21 bits per heavy atom. The van der Waals surface area contributed by atoms with Gasteiger partial charge in [-0.25, -0.2) is 0 Å². The summed E-state index contributed by atoms with van der Waals surface area (Å²) >= 11 is 0. The summed E-state index contributed by atoms with van der Waals surface area (Å²) in [5.41, 5.74) is 4.29. The van der Waals surface area contributed by atoms with Gasteiger partial charge in [0.15, 0.2) is 17.1 Å². The number of hydrogen-bond donors (Lipinski definition) is 0. The fourth-order valence-electron chi connectivity index (χ4n) is 6.37. The van der Waals surface area contributed by atoms with Gasteiger partial charge < -0.3 is 14.0 Å². The maximum atomic E-state index is 9.48. The van der Waals surface area contributed by atoms with E-state index < -0.39 is 0 Å². The number of rotatable bonds is 7. The van der Waals surface area contributed by atoms with Gasteiger partial charge in [0.1, 0.15) is 12.4 Å². The lowest BCUT2D eigenvalue weighted by atomic mass is 9.70. The zero-order valence-electron chi connectivity index (χ0n) is 21.4. The fourth-order valence-corrected chi connectivity index (χ4v) is 6.37. The highest BCUT2D eigenvalue weighted by Crippen LogP contribution is 2.61. The molecule has 4 aromatic rings. The third-order valence-corrected chi connectivity index (χ3v) is 8.30. The summed E-state index contributed by atoms with van der Waals surface area (Å²) in [4.78, 5) is 7.44. The van der Waals surface area contributed by atoms with Crippen molar-refractivity contribution >= 4 is 5.65 Å². The van der Waals surface area contributed by atoms with Crippen LogP contribution in [-0.4, -0.2) is 55.1 Å². The molecule has 0 saturated heterocycles. The second-order valence-corrected chi connectivity index (χ2v) is 10.8. The number of fused-ring (bicyclic) bond motifs is 3. The molecule has 4 aromatic heterocycles. The first-order valence-electron chi connectivity index (χ1n) is 13.0. The largest absolute Gasteiger partial charge is 0.491 e. The summed E-state index contributed by atoms with van der Waals surface area (Å²) in [5, 5.41) is 26.5. The number of nitrogens with zero attached hydrogens (tertiary/aromatic N) is 8. The Bertz CT molecular complexity index is 1560. The van der Waals surface area contributed by atoms with E-state index in [2.05, 4.69) is 37.5 Å². The van der Waals surface area contributed by atoms with Crippen LogP contribution in [0.15, 0.2) is 28.8 Å². The highest BCUT2D eigenvalue weighted by molar-refractivity contribution is 5.56. The maximum Gasteiger partial charge on any atom is 0.275 e. The van der Waals surface area contributed by atoms with Gasteiger partial charge >= 0.3 is 0 Å². The number of pyridine rings is 1. The molecule has 38 heavy (non-hydrogen) atoms. The summed E-state index contributed by atoms with van der Waals surface area (Å²) in [6.45, 7) is 5.07. The third-order valence-electron chi connectivity index (χ3n) is 8.30. The van der Waals surface area contributed by atoms with E-state index in [1.54, 1.807) is 23.8 Å². The Hall–Kier alpha value is -4.04. The van der Waals surface area contributed by atoms with Gasteiger partial charge in [0.25, 0.3) is 5.88 Å². The van der Waals surface area contributed by atoms with Gasteiger partial charge in [-0.05, 0) is 49.7 Å². The molecule has 3 fully saturated rings. The first kappa shape index (κ1) is 23.1. The molecule has 3 saturated carbocycles. The molecule has 1 aliphatic heterocycles. The predicted octanol–water partition coefficient (Wildman–Crippen LogP) is 3.37. The van der Waals surface area contributed by atoms with Gasteiger partial charge in [-0.3, -0.25) is 9.88 Å². The summed E-state index contributed by atoms with van der Waals surface area (Å²) in [6.07, 6.45) is 4.20. The molecule has 194 valence electrons. The highest BCUT2D eigenvalue weighted by atomic mass is 16.5. The lowest BCUT2D eigenvalue weighted by Gasteiger charge is -2.34. The van der Waals surface area contributed by atoms with Crippen molar-refractivity contribution in [3.63, 3.8) is 0 Å². The molecule has 0 radical (unpaired) electrons. The quantitative estimate of drug-likeness (QED) is 0.363. The number of hydrogen-bond acceptors (Lipinski definition) is 10. The van der Waals surface area contributed by atoms with Crippen molar-refractivity contribution in [3.05, 3.63) is 47.0 Å². The van der Waals surface area contributed by atoms with Crippen molar-refractivity contribution in [3.8, 4) is 29.2 Å². The first-order valence-corrected chi connectivity index (χ1v) is 13.0. The van der Waals surface area contributed by atoms with Crippen LogP contribution in [0.1, 0.15) is 42.0 Å². The molecular formula is C27H28N8O3. The number of aromatic nitrogens is 6. The molecule has 1 atom stereocenters. The SMILES string of the molecule is COc1cc2nnc(-c3cc(C)on3)n2nc1OCc1ccc2c(n1)CCN(C[C@@H]1CC3(C#N)CC1C3)C2. The van der Waals surface area contributed by atoms with Gasteiger partial charge in [-0.1, -0.05) is 11.2 Å². The van der Waals surface area contributed by atoms with Crippen molar-refractivity contribution in [1.29, 1.82) is 5.26 Å². The molecule has 3 aliphatic carbocycles. The van der Waals surface area contributed by atoms with Crippen LogP contribution in [0.25, 0.3) is 17.2 Å². The van der Waals surface area contributed by atoms with Crippen LogP contribution in [-0.2, 0) is 19.6 Å². The number of aryl methyl sites for hydroxylation is 1. The van der Waals surface area contributed by atoms with Crippen LogP contribution in [0.3, 0.4) is 0 Å². The van der Waals surface area contributed by atoms with Crippen LogP contribution in [0.2, 0.25) is 0 Å². The maximum absolute atomic E-state index is 9.48. The summed E-state index contributed by atoms with van der Waals surface area (Å²) in [7, 11) is 1.57. The van der Waals surface area contributed by atoms with Crippen molar-refractivity contribution in [2.24, 2.45) is 17.3 Å². The number of methoxy groups -OCH3 is 1. The number of ether oxygens (including phenoxy) is 2. The summed E-state index contributed by atoms with van der Waals surface area (Å²) < 4.78 is 18.3. The van der Waals surface area contributed by atoms with E-state index in [9.17, 15) is 5.26 Å². The van der Waals surface area contributed by atoms with E-state index in [-0.39, 0.29) is 12.0 Å². The average Bonchev–Trinajstić information content (AvgIpc) is 3.68. The lowest BCUT2D eigenvalue weighted by Crippen LogP contribution is -2.36. The smallest absolute Gasteiger partial charge is 0.275 e. The number of nitriles is 1. The minimum atomic E-state index is -0.00727. The second-order valence-electron chi connectivity index (χ2n) is 10.8. The molecule has 0 spiro atoms. The van der Waals surface area contributed by atoms with Gasteiger partial charge in [0, 0.05) is 43.9 Å². The molecule has 0 unspecified atom stereocenters. The normalized spacial score (nSPS) is 24.1. The molecule has 0 amide bonds. The summed E-state index contributed by atoms with van der Waals surface area (Å²) in [5.74, 6) is 3.31. The van der Waals surface area contributed by atoms with Gasteiger partial charge in [0.2, 0.25) is 5.82 Å². The Labute approximate surface area is 219 Å². The van der Waals surface area contributed by atoms with Crippen molar-refractivity contribution in [1.82, 2.24) is 34.9 Å². The molecule has 11 heteroatoms. The second kappa shape index (κ2) is 8.77. The van der Waals surface area contributed by atoms with Crippen molar-refractivity contribution in [2.75, 3.05) is 20.2 Å². The Balaban J connectivity index is 1.04. The van der Waals surface area contributed by atoms with Gasteiger partial charge in [-0.15, -0.1) is 15.3 Å². The fraction of sp³-hybridized carbons (Fsp3) is 0.481. The van der Waals surface area contributed by atoms with Gasteiger partial charge in [-0.2, -0.15) is 9.78 Å². The summed E-state index contributed by atoms with van der Waals surface area (Å²) in [6, 6.07) is 10.3.